The molecule has 3 aromatic rings. The van der Waals surface area contributed by atoms with E-state index in [9.17, 15) is 19.2 Å². The molecule has 0 spiro atoms. The van der Waals surface area contributed by atoms with Crippen LogP contribution >= 0.6 is 0 Å². The van der Waals surface area contributed by atoms with E-state index in [2.05, 4.69) is 5.32 Å². The number of benzene rings is 3. The normalized spacial score (nSPS) is 14.6. The molecule has 3 amide bonds. The van der Waals surface area contributed by atoms with Gasteiger partial charge in [-0.25, -0.2) is 9.69 Å². The van der Waals surface area contributed by atoms with Gasteiger partial charge >= 0.3 is 5.97 Å². The highest BCUT2D eigenvalue weighted by Crippen LogP contribution is 2.34. The van der Waals surface area contributed by atoms with Crippen molar-refractivity contribution in [2.24, 2.45) is 0 Å². The molecule has 9 heteroatoms. The molecule has 1 N–H and O–H groups in total. The predicted molar refractivity (Wildman–Crippen MR) is 120 cm³/mol. The van der Waals surface area contributed by atoms with E-state index in [1.165, 1.54) is 31.2 Å². The van der Waals surface area contributed by atoms with Crippen molar-refractivity contribution in [3.8, 4) is 11.5 Å². The summed E-state index contributed by atoms with van der Waals surface area (Å²) in [4.78, 5) is 51.2. The number of fused-ring (bicyclic) bond motifs is 2. The molecule has 1 atom stereocenters. The molecule has 2 aliphatic rings. The van der Waals surface area contributed by atoms with Gasteiger partial charge in [0.1, 0.15) is 0 Å². The van der Waals surface area contributed by atoms with Gasteiger partial charge in [-0.2, -0.15) is 0 Å². The summed E-state index contributed by atoms with van der Waals surface area (Å²) in [5, 5.41) is 2.66. The summed E-state index contributed by atoms with van der Waals surface area (Å²) in [5.41, 5.74) is 1.64. The molecule has 0 aromatic heterocycles. The molecule has 1 unspecified atom stereocenters. The third-order valence-electron chi connectivity index (χ3n) is 5.45. The average molecular weight is 458 g/mol. The van der Waals surface area contributed by atoms with Crippen LogP contribution in [0.25, 0.3) is 0 Å². The third kappa shape index (κ3) is 3.73. The van der Waals surface area contributed by atoms with E-state index >= 15 is 0 Å². The van der Waals surface area contributed by atoms with Crippen LogP contribution in [0.3, 0.4) is 0 Å². The summed E-state index contributed by atoms with van der Waals surface area (Å²) in [6, 6.07) is 17.3. The molecule has 0 saturated carbocycles. The maximum absolute atomic E-state index is 12.6. The van der Waals surface area contributed by atoms with Crippen LogP contribution in [0.4, 0.5) is 11.4 Å². The molecule has 0 radical (unpaired) electrons. The maximum atomic E-state index is 12.6. The maximum Gasteiger partial charge on any atom is 0.338 e. The van der Waals surface area contributed by atoms with Gasteiger partial charge in [0.05, 0.1) is 22.4 Å². The van der Waals surface area contributed by atoms with Gasteiger partial charge in [0, 0.05) is 11.8 Å². The molecular formula is C25H18N2O7. The number of rotatable bonds is 5. The fraction of sp³-hybridized carbons (Fsp3) is 0.120. The number of hydrogen-bond acceptors (Lipinski definition) is 7. The van der Waals surface area contributed by atoms with Crippen LogP contribution < -0.4 is 19.7 Å². The molecule has 2 aliphatic heterocycles. The number of nitrogens with zero attached hydrogens (tertiary/aromatic N) is 1. The molecule has 0 saturated heterocycles. The Morgan fingerprint density at radius 3 is 2.24 bits per heavy atom. The highest BCUT2D eigenvalue weighted by Gasteiger charge is 2.36. The number of nitrogens with one attached hydrogen (secondary N) is 1. The SMILES string of the molecule is CC(OC(=O)c1ccc(N2C(=O)c3ccccc3C2=O)cc1)C(=O)Nc1ccc2c(c1)OCO2. The first kappa shape index (κ1) is 21.2. The summed E-state index contributed by atoms with van der Waals surface area (Å²) in [5.74, 6) is -0.991. The van der Waals surface area contributed by atoms with Crippen molar-refractivity contribution in [3.63, 3.8) is 0 Å². The molecule has 2 heterocycles. The zero-order valence-electron chi connectivity index (χ0n) is 17.9. The van der Waals surface area contributed by atoms with Gasteiger partial charge in [-0.3, -0.25) is 14.4 Å². The lowest BCUT2D eigenvalue weighted by Crippen LogP contribution is -2.30. The topological polar surface area (TPSA) is 111 Å². The van der Waals surface area contributed by atoms with E-state index in [0.717, 1.165) is 4.90 Å². The Kier molecular flexibility index (Phi) is 5.21. The average Bonchev–Trinajstić information content (AvgIpc) is 3.41. The second-order valence-electron chi connectivity index (χ2n) is 7.64. The zero-order chi connectivity index (χ0) is 23.8. The summed E-state index contributed by atoms with van der Waals surface area (Å²) in [6.45, 7) is 1.57. The third-order valence-corrected chi connectivity index (χ3v) is 5.45. The fourth-order valence-corrected chi connectivity index (χ4v) is 3.67. The number of anilines is 2. The van der Waals surface area contributed by atoms with E-state index in [4.69, 9.17) is 14.2 Å². The van der Waals surface area contributed by atoms with E-state index in [1.807, 2.05) is 0 Å². The standard InChI is InChI=1S/C25H18N2O7/c1-14(22(28)26-16-8-11-20-21(12-16)33-13-32-20)34-25(31)15-6-9-17(10-7-15)27-23(29)18-4-2-3-5-19(18)24(27)30/h2-12,14H,13H2,1H3,(H,26,28). The second-order valence-corrected chi connectivity index (χ2v) is 7.64. The largest absolute Gasteiger partial charge is 0.454 e. The van der Waals surface area contributed by atoms with Crippen molar-refractivity contribution in [2.75, 3.05) is 17.0 Å². The predicted octanol–water partition coefficient (Wildman–Crippen LogP) is 3.40. The first-order valence-corrected chi connectivity index (χ1v) is 10.4. The van der Waals surface area contributed by atoms with Crippen LogP contribution in [0.5, 0.6) is 11.5 Å². The summed E-state index contributed by atoms with van der Waals surface area (Å²) < 4.78 is 15.8. The van der Waals surface area contributed by atoms with Crippen LogP contribution in [0.1, 0.15) is 38.0 Å². The fourth-order valence-electron chi connectivity index (χ4n) is 3.67. The molecule has 0 aliphatic carbocycles. The Morgan fingerprint density at radius 1 is 0.912 bits per heavy atom. The quantitative estimate of drug-likeness (QED) is 0.461. The lowest BCUT2D eigenvalue weighted by Gasteiger charge is -2.16. The second kappa shape index (κ2) is 8.36. The van der Waals surface area contributed by atoms with Crippen molar-refractivity contribution in [2.45, 2.75) is 13.0 Å². The molecule has 34 heavy (non-hydrogen) atoms. The van der Waals surface area contributed by atoms with E-state index in [-0.39, 0.29) is 12.4 Å². The Morgan fingerprint density at radius 2 is 1.56 bits per heavy atom. The van der Waals surface area contributed by atoms with Crippen LogP contribution in [0, 0.1) is 0 Å². The van der Waals surface area contributed by atoms with Crippen molar-refractivity contribution in [1.29, 1.82) is 0 Å². The van der Waals surface area contributed by atoms with Crippen LogP contribution in [0.15, 0.2) is 66.7 Å². The monoisotopic (exact) mass is 458 g/mol. The van der Waals surface area contributed by atoms with Gasteiger partial charge in [0.15, 0.2) is 17.6 Å². The van der Waals surface area contributed by atoms with E-state index < -0.39 is 29.8 Å². The molecule has 9 nitrogen and oxygen atoms in total. The molecular weight excluding hydrogens is 440 g/mol. The number of imide groups is 1. The Balaban J connectivity index is 1.23. The van der Waals surface area contributed by atoms with Gasteiger partial charge in [-0.15, -0.1) is 0 Å². The van der Waals surface area contributed by atoms with Gasteiger partial charge < -0.3 is 19.5 Å². The molecule has 0 bridgehead atoms. The Hall–Kier alpha value is -4.66. The number of ether oxygens (including phenoxy) is 3. The highest BCUT2D eigenvalue weighted by atomic mass is 16.7. The minimum Gasteiger partial charge on any atom is -0.454 e. The number of carbonyl (C=O) groups excluding carboxylic acids is 4. The lowest BCUT2D eigenvalue weighted by molar-refractivity contribution is -0.123. The Bertz CT molecular complexity index is 1300. The number of carbonyl (C=O) groups is 4. The summed E-state index contributed by atoms with van der Waals surface area (Å²) in [7, 11) is 0. The van der Waals surface area contributed by atoms with Gasteiger partial charge in [0.25, 0.3) is 17.7 Å². The van der Waals surface area contributed by atoms with E-state index in [1.54, 1.807) is 42.5 Å². The zero-order valence-corrected chi connectivity index (χ0v) is 17.9. The summed E-state index contributed by atoms with van der Waals surface area (Å²) in [6.07, 6.45) is -1.08. The number of hydrogen-bond donors (Lipinski definition) is 1. The number of esters is 1. The highest BCUT2D eigenvalue weighted by molar-refractivity contribution is 6.34. The van der Waals surface area contributed by atoms with Crippen molar-refractivity contribution < 1.29 is 33.4 Å². The molecule has 170 valence electrons. The van der Waals surface area contributed by atoms with Crippen molar-refractivity contribution in [1.82, 2.24) is 0 Å². The molecule has 0 fully saturated rings. The molecule has 3 aromatic carbocycles. The minimum absolute atomic E-state index is 0.118. The minimum atomic E-state index is -1.08. The van der Waals surface area contributed by atoms with Crippen molar-refractivity contribution in [3.05, 3.63) is 83.4 Å². The Labute approximate surface area is 193 Å². The van der Waals surface area contributed by atoms with Crippen molar-refractivity contribution >= 4 is 35.1 Å². The smallest absolute Gasteiger partial charge is 0.338 e. The number of amides is 3. The van der Waals surface area contributed by atoms with Gasteiger partial charge in [-0.1, -0.05) is 12.1 Å². The van der Waals surface area contributed by atoms with Gasteiger partial charge in [-0.05, 0) is 55.5 Å². The van der Waals surface area contributed by atoms with E-state index in [0.29, 0.717) is 34.0 Å². The first-order valence-electron chi connectivity index (χ1n) is 10.4. The van der Waals surface area contributed by atoms with Crippen LogP contribution in [0.2, 0.25) is 0 Å². The summed E-state index contributed by atoms with van der Waals surface area (Å²) >= 11 is 0. The van der Waals surface area contributed by atoms with Gasteiger partial charge in [0.2, 0.25) is 6.79 Å². The lowest BCUT2D eigenvalue weighted by atomic mass is 10.1. The van der Waals surface area contributed by atoms with Crippen LogP contribution in [-0.4, -0.2) is 36.6 Å². The van der Waals surface area contributed by atoms with Crippen LogP contribution in [-0.2, 0) is 9.53 Å². The first-order chi connectivity index (χ1) is 16.4. The molecule has 5 rings (SSSR count).